The van der Waals surface area contributed by atoms with E-state index in [-0.39, 0.29) is 30.3 Å². The van der Waals surface area contributed by atoms with E-state index in [0.29, 0.717) is 22.3 Å². The highest BCUT2D eigenvalue weighted by Crippen LogP contribution is 2.24. The first kappa shape index (κ1) is 19.8. The molecule has 0 saturated carbocycles. The van der Waals surface area contributed by atoms with Crippen LogP contribution in [0.5, 0.6) is 0 Å². The molecule has 29 heavy (non-hydrogen) atoms. The van der Waals surface area contributed by atoms with Crippen LogP contribution in [0.1, 0.15) is 19.3 Å². The molecule has 2 aromatic carbocycles. The number of aromatic nitrogens is 2. The highest BCUT2D eigenvalue weighted by Gasteiger charge is 2.25. The van der Waals surface area contributed by atoms with Gasteiger partial charge in [0.15, 0.2) is 5.78 Å². The van der Waals surface area contributed by atoms with Gasteiger partial charge < -0.3 is 10.4 Å². The second-order valence-electron chi connectivity index (χ2n) is 7.43. The molecule has 7 heteroatoms. The zero-order valence-electron chi connectivity index (χ0n) is 15.8. The lowest BCUT2D eigenvalue weighted by Gasteiger charge is -2.28. The summed E-state index contributed by atoms with van der Waals surface area (Å²) in [7, 11) is 0. The summed E-state index contributed by atoms with van der Waals surface area (Å²) in [6.07, 6.45) is 2.66. The largest absolute Gasteiger partial charge is 0.391 e. The van der Waals surface area contributed by atoms with Gasteiger partial charge in [-0.15, -0.1) is 0 Å². The standard InChI is InChI=1S/C22H22ClN3O3/c23-16-4-1-3-14(9-16)15-6-7-19-18(10-15)22(29)26(13-25-19)12-17(27)11-20-21(28)5-2-8-24-20/h1,3-4,6-7,9-10,13,20-21,24,28H,2,5,8,11-12H2/t20-,21+/m1/s1. The summed E-state index contributed by atoms with van der Waals surface area (Å²) in [4.78, 5) is 29.8. The summed E-state index contributed by atoms with van der Waals surface area (Å²) in [6.45, 7) is 0.729. The second-order valence-corrected chi connectivity index (χ2v) is 7.87. The van der Waals surface area contributed by atoms with Crippen LogP contribution in [-0.2, 0) is 11.3 Å². The Labute approximate surface area is 173 Å². The van der Waals surface area contributed by atoms with Crippen molar-refractivity contribution in [1.29, 1.82) is 0 Å². The van der Waals surface area contributed by atoms with Crippen LogP contribution in [0.25, 0.3) is 22.0 Å². The van der Waals surface area contributed by atoms with Gasteiger partial charge in [-0.3, -0.25) is 14.2 Å². The SMILES string of the molecule is O=C(C[C@H]1NCCC[C@@H]1O)Cn1cnc2ccc(-c3cccc(Cl)c3)cc2c1=O. The number of hydrogen-bond donors (Lipinski definition) is 2. The minimum atomic E-state index is -0.528. The molecule has 1 saturated heterocycles. The predicted molar refractivity (Wildman–Crippen MR) is 113 cm³/mol. The number of rotatable bonds is 5. The summed E-state index contributed by atoms with van der Waals surface area (Å²) in [5, 5.41) is 14.3. The van der Waals surface area contributed by atoms with Gasteiger partial charge in [0.2, 0.25) is 0 Å². The highest BCUT2D eigenvalue weighted by molar-refractivity contribution is 6.30. The molecule has 1 fully saturated rings. The van der Waals surface area contributed by atoms with E-state index in [1.807, 2.05) is 24.3 Å². The van der Waals surface area contributed by atoms with Crippen LogP contribution in [0, 0.1) is 0 Å². The fourth-order valence-corrected chi connectivity index (χ4v) is 3.95. The van der Waals surface area contributed by atoms with E-state index in [9.17, 15) is 14.7 Å². The van der Waals surface area contributed by atoms with Crippen molar-refractivity contribution in [1.82, 2.24) is 14.9 Å². The molecule has 0 spiro atoms. The van der Waals surface area contributed by atoms with Crippen molar-refractivity contribution < 1.29 is 9.90 Å². The lowest BCUT2D eigenvalue weighted by atomic mass is 9.97. The van der Waals surface area contributed by atoms with Crippen molar-refractivity contribution in [3.05, 3.63) is 64.2 Å². The van der Waals surface area contributed by atoms with Gasteiger partial charge in [0.25, 0.3) is 5.56 Å². The lowest BCUT2D eigenvalue weighted by molar-refractivity contribution is -0.121. The maximum Gasteiger partial charge on any atom is 0.261 e. The van der Waals surface area contributed by atoms with Gasteiger partial charge >= 0.3 is 0 Å². The fourth-order valence-electron chi connectivity index (χ4n) is 3.76. The van der Waals surface area contributed by atoms with Crippen LogP contribution >= 0.6 is 11.6 Å². The number of nitrogens with zero attached hydrogens (tertiary/aromatic N) is 2. The van der Waals surface area contributed by atoms with Crippen molar-refractivity contribution in [2.24, 2.45) is 0 Å². The van der Waals surface area contributed by atoms with Crippen molar-refractivity contribution in [3.8, 4) is 11.1 Å². The fraction of sp³-hybridized carbons (Fsp3) is 0.318. The van der Waals surface area contributed by atoms with E-state index in [1.54, 1.807) is 18.2 Å². The minimum absolute atomic E-state index is 0.0614. The molecule has 1 aliphatic rings. The molecule has 0 bridgehead atoms. The first-order valence-electron chi connectivity index (χ1n) is 9.69. The molecule has 1 aliphatic heterocycles. The summed E-state index contributed by atoms with van der Waals surface area (Å²) < 4.78 is 1.33. The average Bonchev–Trinajstić information content (AvgIpc) is 2.72. The molecule has 3 aromatic rings. The monoisotopic (exact) mass is 411 g/mol. The summed E-state index contributed by atoms with van der Waals surface area (Å²) in [5.41, 5.74) is 2.08. The Morgan fingerprint density at radius 3 is 2.86 bits per heavy atom. The van der Waals surface area contributed by atoms with Crippen LogP contribution < -0.4 is 10.9 Å². The number of hydrogen-bond acceptors (Lipinski definition) is 5. The van der Waals surface area contributed by atoms with Gasteiger partial charge in [0.1, 0.15) is 0 Å². The molecule has 150 valence electrons. The minimum Gasteiger partial charge on any atom is -0.391 e. The Balaban J connectivity index is 1.59. The molecule has 0 radical (unpaired) electrons. The summed E-state index contributed by atoms with van der Waals surface area (Å²) in [6, 6.07) is 12.6. The summed E-state index contributed by atoms with van der Waals surface area (Å²) >= 11 is 6.08. The average molecular weight is 412 g/mol. The van der Waals surface area contributed by atoms with Crippen LogP contribution in [0.15, 0.2) is 53.6 Å². The van der Waals surface area contributed by atoms with Gasteiger partial charge in [-0.1, -0.05) is 29.8 Å². The lowest BCUT2D eigenvalue weighted by Crippen LogP contribution is -2.46. The van der Waals surface area contributed by atoms with Gasteiger partial charge in [-0.05, 0) is 54.8 Å². The third-order valence-electron chi connectivity index (χ3n) is 5.32. The maximum atomic E-state index is 13.0. The Hall–Kier alpha value is -2.54. The number of ketones is 1. The number of nitrogens with one attached hydrogen (secondary N) is 1. The van der Waals surface area contributed by atoms with E-state index in [1.165, 1.54) is 10.9 Å². The van der Waals surface area contributed by atoms with Crippen LogP contribution in [0.4, 0.5) is 0 Å². The van der Waals surface area contributed by atoms with Gasteiger partial charge in [0.05, 0.1) is 29.9 Å². The first-order valence-corrected chi connectivity index (χ1v) is 10.1. The molecule has 0 unspecified atom stereocenters. The molecule has 4 rings (SSSR count). The number of aliphatic hydroxyl groups excluding tert-OH is 1. The third kappa shape index (κ3) is 4.40. The second kappa shape index (κ2) is 8.45. The van der Waals surface area contributed by atoms with Crippen LogP contribution in [0.2, 0.25) is 5.02 Å². The number of fused-ring (bicyclic) bond motifs is 1. The van der Waals surface area contributed by atoms with E-state index in [0.717, 1.165) is 24.1 Å². The molecular formula is C22H22ClN3O3. The van der Waals surface area contributed by atoms with Crippen molar-refractivity contribution in [2.45, 2.75) is 38.0 Å². The molecule has 0 aliphatic carbocycles. The molecule has 0 amide bonds. The van der Waals surface area contributed by atoms with Crippen molar-refractivity contribution in [2.75, 3.05) is 6.54 Å². The van der Waals surface area contributed by atoms with Crippen molar-refractivity contribution in [3.63, 3.8) is 0 Å². The Morgan fingerprint density at radius 2 is 2.07 bits per heavy atom. The smallest absolute Gasteiger partial charge is 0.261 e. The Kier molecular flexibility index (Phi) is 5.76. The van der Waals surface area contributed by atoms with E-state index < -0.39 is 6.10 Å². The Morgan fingerprint density at radius 1 is 1.24 bits per heavy atom. The highest BCUT2D eigenvalue weighted by atomic mass is 35.5. The molecule has 2 N–H and O–H groups in total. The third-order valence-corrected chi connectivity index (χ3v) is 5.56. The van der Waals surface area contributed by atoms with Gasteiger partial charge in [0, 0.05) is 17.5 Å². The molecule has 6 nitrogen and oxygen atoms in total. The van der Waals surface area contributed by atoms with Gasteiger partial charge in [-0.2, -0.15) is 0 Å². The topological polar surface area (TPSA) is 84.2 Å². The molecule has 2 heterocycles. The van der Waals surface area contributed by atoms with Gasteiger partial charge in [-0.25, -0.2) is 4.98 Å². The van der Waals surface area contributed by atoms with E-state index >= 15 is 0 Å². The van der Waals surface area contributed by atoms with Crippen LogP contribution in [0.3, 0.4) is 0 Å². The van der Waals surface area contributed by atoms with E-state index in [2.05, 4.69) is 10.3 Å². The van der Waals surface area contributed by atoms with Crippen LogP contribution in [-0.4, -0.2) is 39.1 Å². The number of halogens is 1. The Bertz CT molecular complexity index is 1110. The number of aliphatic hydroxyl groups is 1. The number of carbonyl (C=O) groups is 1. The molecular weight excluding hydrogens is 390 g/mol. The quantitative estimate of drug-likeness (QED) is 0.674. The number of benzene rings is 2. The zero-order valence-corrected chi connectivity index (χ0v) is 16.6. The molecule has 1 aromatic heterocycles. The summed E-state index contributed by atoms with van der Waals surface area (Å²) in [5.74, 6) is -0.113. The first-order chi connectivity index (χ1) is 14.0. The number of Topliss-reactive ketones (excluding diaryl/α,β-unsaturated/α-hetero) is 1. The molecule has 2 atom stereocenters. The maximum absolute atomic E-state index is 13.0. The normalized spacial score (nSPS) is 19.4. The zero-order chi connectivity index (χ0) is 20.4. The number of carbonyl (C=O) groups excluding carboxylic acids is 1. The van der Waals surface area contributed by atoms with Crippen molar-refractivity contribution >= 4 is 28.3 Å². The number of piperidine rings is 1. The predicted octanol–water partition coefficient (Wildman–Crippen LogP) is 2.79. The van der Waals surface area contributed by atoms with E-state index in [4.69, 9.17) is 11.6 Å².